The van der Waals surface area contributed by atoms with Crippen molar-refractivity contribution in [3.8, 4) is 11.4 Å². The molecule has 1 fully saturated rings. The Morgan fingerprint density at radius 2 is 1.72 bits per heavy atom. The van der Waals surface area contributed by atoms with Crippen LogP contribution in [0.3, 0.4) is 0 Å². The molecule has 0 unspecified atom stereocenters. The summed E-state index contributed by atoms with van der Waals surface area (Å²) in [5, 5.41) is 15.1. The molecule has 5 rings (SSSR count). The molecule has 0 atom stereocenters. The highest BCUT2D eigenvalue weighted by atomic mass is 35.5. The number of rotatable bonds is 11. The van der Waals surface area contributed by atoms with Crippen molar-refractivity contribution >= 4 is 50.9 Å². The Balaban J connectivity index is 1.27. The van der Waals surface area contributed by atoms with Gasteiger partial charge < -0.3 is 15.4 Å². The van der Waals surface area contributed by atoms with Gasteiger partial charge in [-0.25, -0.2) is 8.42 Å². The van der Waals surface area contributed by atoms with E-state index in [2.05, 4.69) is 20.8 Å². The first-order valence-electron chi connectivity index (χ1n) is 13.4. The molecule has 43 heavy (non-hydrogen) atoms. The molecule has 2 N–H and O–H groups in total. The van der Waals surface area contributed by atoms with Gasteiger partial charge in [0.15, 0.2) is 11.0 Å². The fourth-order valence-electron chi connectivity index (χ4n) is 4.50. The summed E-state index contributed by atoms with van der Waals surface area (Å²) >= 11 is 7.43. The predicted octanol–water partition coefficient (Wildman–Crippen LogP) is 4.37. The van der Waals surface area contributed by atoms with Crippen LogP contribution >= 0.6 is 23.4 Å². The van der Waals surface area contributed by atoms with E-state index >= 15 is 0 Å². The number of benzene rings is 3. The van der Waals surface area contributed by atoms with Crippen LogP contribution in [-0.4, -0.2) is 65.3 Å². The zero-order valence-corrected chi connectivity index (χ0v) is 25.6. The van der Waals surface area contributed by atoms with E-state index in [1.165, 1.54) is 40.3 Å². The number of aromatic nitrogens is 3. The molecule has 1 aliphatic heterocycles. The number of ether oxygens (including phenoxy) is 1. The monoisotopic (exact) mass is 640 g/mol. The van der Waals surface area contributed by atoms with Gasteiger partial charge in [0, 0.05) is 29.4 Å². The summed E-state index contributed by atoms with van der Waals surface area (Å²) in [4.78, 5) is 25.8. The molecule has 1 aromatic heterocycles. The van der Waals surface area contributed by atoms with Crippen LogP contribution in [0.4, 0.5) is 5.69 Å². The number of thioether (sulfide) groups is 1. The molecular weight excluding hydrogens is 612 g/mol. The van der Waals surface area contributed by atoms with Gasteiger partial charge in [0.1, 0.15) is 5.75 Å². The van der Waals surface area contributed by atoms with Crippen LogP contribution in [0, 0.1) is 0 Å². The minimum Gasteiger partial charge on any atom is -0.497 e. The molecule has 3 aromatic carbocycles. The Morgan fingerprint density at radius 1 is 1.00 bits per heavy atom. The summed E-state index contributed by atoms with van der Waals surface area (Å²) in [5.74, 6) is 0.523. The highest BCUT2D eigenvalue weighted by Gasteiger charge is 2.27. The van der Waals surface area contributed by atoms with Gasteiger partial charge in [-0.1, -0.05) is 29.4 Å². The highest BCUT2D eigenvalue weighted by molar-refractivity contribution is 7.99. The third-order valence-electron chi connectivity index (χ3n) is 6.70. The maximum absolute atomic E-state index is 13.0. The fraction of sp³-hybridized carbons (Fsp3) is 0.241. The standard InChI is InChI=1S/C29H29ClN6O5S2/c1-41-24-11-9-22(10-12-24)32-27(37)19-42-29-34-33-26(36(29)23-6-4-5-21(30)17-23)18-31-28(38)20-7-13-25(14-8-20)43(39,40)35-15-2-3-16-35/h4-14,17H,2-3,15-16,18-19H2,1H3,(H,31,38)(H,32,37). The molecule has 0 spiro atoms. The highest BCUT2D eigenvalue weighted by Crippen LogP contribution is 2.25. The molecule has 0 radical (unpaired) electrons. The second-order valence-corrected chi connectivity index (χ2v) is 12.9. The van der Waals surface area contributed by atoms with Crippen LogP contribution < -0.4 is 15.4 Å². The number of carbonyl (C=O) groups is 2. The Morgan fingerprint density at radius 3 is 2.40 bits per heavy atom. The predicted molar refractivity (Wildman–Crippen MR) is 164 cm³/mol. The van der Waals surface area contributed by atoms with E-state index in [1.807, 2.05) is 6.07 Å². The number of hydrogen-bond acceptors (Lipinski definition) is 8. The average molecular weight is 641 g/mol. The second-order valence-electron chi connectivity index (χ2n) is 9.60. The van der Waals surface area contributed by atoms with Gasteiger partial charge in [0.05, 0.1) is 30.0 Å². The summed E-state index contributed by atoms with van der Waals surface area (Å²) in [6.45, 7) is 1.03. The van der Waals surface area contributed by atoms with Crippen LogP contribution in [0.15, 0.2) is 82.8 Å². The first-order chi connectivity index (χ1) is 20.7. The summed E-state index contributed by atoms with van der Waals surface area (Å²) in [5.41, 5.74) is 1.60. The lowest BCUT2D eigenvalue weighted by atomic mass is 10.2. The zero-order chi connectivity index (χ0) is 30.4. The van der Waals surface area contributed by atoms with E-state index in [-0.39, 0.29) is 23.1 Å². The molecule has 4 aromatic rings. The minimum absolute atomic E-state index is 0.0186. The van der Waals surface area contributed by atoms with Gasteiger partial charge in [-0.3, -0.25) is 14.2 Å². The molecule has 2 amide bonds. The van der Waals surface area contributed by atoms with Crippen LogP contribution in [-0.2, 0) is 21.4 Å². The molecule has 0 aliphatic carbocycles. The van der Waals surface area contributed by atoms with Crippen molar-refractivity contribution in [2.75, 3.05) is 31.3 Å². The molecule has 1 saturated heterocycles. The largest absolute Gasteiger partial charge is 0.497 e. The van der Waals surface area contributed by atoms with Crippen molar-refractivity contribution in [1.29, 1.82) is 0 Å². The van der Waals surface area contributed by atoms with Gasteiger partial charge in [-0.15, -0.1) is 10.2 Å². The lowest BCUT2D eigenvalue weighted by molar-refractivity contribution is -0.113. The van der Waals surface area contributed by atoms with E-state index in [9.17, 15) is 18.0 Å². The van der Waals surface area contributed by atoms with Crippen molar-refractivity contribution in [1.82, 2.24) is 24.4 Å². The van der Waals surface area contributed by atoms with E-state index < -0.39 is 15.9 Å². The minimum atomic E-state index is -3.57. The van der Waals surface area contributed by atoms with Crippen molar-refractivity contribution in [3.05, 3.63) is 89.2 Å². The van der Waals surface area contributed by atoms with E-state index in [0.717, 1.165) is 12.8 Å². The molecule has 2 heterocycles. The van der Waals surface area contributed by atoms with Gasteiger partial charge in [-0.05, 0) is 79.6 Å². The summed E-state index contributed by atoms with van der Waals surface area (Å²) in [6.07, 6.45) is 1.69. The Kier molecular flexibility index (Phi) is 9.65. The lowest BCUT2D eigenvalue weighted by Gasteiger charge is -2.15. The third kappa shape index (κ3) is 7.36. The number of hydrogen-bond donors (Lipinski definition) is 2. The number of amides is 2. The molecule has 224 valence electrons. The Bertz CT molecular complexity index is 1710. The summed E-state index contributed by atoms with van der Waals surface area (Å²) < 4.78 is 33.9. The van der Waals surface area contributed by atoms with Gasteiger partial charge in [0.2, 0.25) is 15.9 Å². The maximum Gasteiger partial charge on any atom is 0.251 e. The zero-order valence-electron chi connectivity index (χ0n) is 23.2. The van der Waals surface area contributed by atoms with Crippen molar-refractivity contribution < 1.29 is 22.7 Å². The summed E-state index contributed by atoms with van der Waals surface area (Å²) in [7, 11) is -2.00. The van der Waals surface area contributed by atoms with E-state index in [0.29, 0.717) is 51.8 Å². The van der Waals surface area contributed by atoms with Crippen molar-refractivity contribution in [2.24, 2.45) is 0 Å². The van der Waals surface area contributed by atoms with Crippen LogP contribution in [0.5, 0.6) is 5.75 Å². The van der Waals surface area contributed by atoms with E-state index in [1.54, 1.807) is 54.1 Å². The number of sulfonamides is 1. The molecule has 1 aliphatic rings. The Hall–Kier alpha value is -3.91. The second kappa shape index (κ2) is 13.6. The number of anilines is 1. The van der Waals surface area contributed by atoms with Crippen molar-refractivity contribution in [2.45, 2.75) is 29.4 Å². The fourth-order valence-corrected chi connectivity index (χ4v) is 6.97. The van der Waals surface area contributed by atoms with Crippen LogP contribution in [0.2, 0.25) is 5.02 Å². The molecule has 11 nitrogen and oxygen atoms in total. The SMILES string of the molecule is COc1ccc(NC(=O)CSc2nnc(CNC(=O)c3ccc(S(=O)(=O)N4CCCC4)cc3)n2-c2cccc(Cl)c2)cc1. The molecule has 14 heteroatoms. The molecule has 0 bridgehead atoms. The Labute approximate surface area is 258 Å². The number of methoxy groups -OCH3 is 1. The molecular formula is C29H29ClN6O5S2. The molecule has 0 saturated carbocycles. The van der Waals surface area contributed by atoms with Crippen molar-refractivity contribution in [3.63, 3.8) is 0 Å². The number of halogens is 1. The summed E-state index contributed by atoms with van der Waals surface area (Å²) in [6, 6.07) is 19.9. The maximum atomic E-state index is 13.0. The number of nitrogens with one attached hydrogen (secondary N) is 2. The number of carbonyl (C=O) groups excluding carboxylic acids is 2. The first kappa shape index (κ1) is 30.5. The average Bonchev–Trinajstić information content (AvgIpc) is 3.70. The van der Waals surface area contributed by atoms with Gasteiger partial charge >= 0.3 is 0 Å². The quantitative estimate of drug-likeness (QED) is 0.231. The topological polar surface area (TPSA) is 136 Å². The normalized spacial score (nSPS) is 13.5. The van der Waals surface area contributed by atoms with E-state index in [4.69, 9.17) is 16.3 Å². The lowest BCUT2D eigenvalue weighted by Crippen LogP contribution is -2.28. The van der Waals surface area contributed by atoms with Gasteiger partial charge in [-0.2, -0.15) is 4.31 Å². The van der Waals surface area contributed by atoms with Crippen LogP contribution in [0.25, 0.3) is 5.69 Å². The van der Waals surface area contributed by atoms with Crippen LogP contribution in [0.1, 0.15) is 29.0 Å². The third-order valence-corrected chi connectivity index (χ3v) is 9.78. The number of nitrogens with zero attached hydrogens (tertiary/aromatic N) is 4. The van der Waals surface area contributed by atoms with Gasteiger partial charge in [0.25, 0.3) is 5.91 Å². The smallest absolute Gasteiger partial charge is 0.251 e. The first-order valence-corrected chi connectivity index (χ1v) is 16.2.